The van der Waals surface area contributed by atoms with E-state index in [2.05, 4.69) is 6.92 Å². The Morgan fingerprint density at radius 1 is 0.765 bits per heavy atom. The molecular formula is C30H52O4. The third-order valence-electron chi connectivity index (χ3n) is 7.27. The first-order valence-electron chi connectivity index (χ1n) is 14.1. The Morgan fingerprint density at radius 3 is 1.68 bits per heavy atom. The van der Waals surface area contributed by atoms with Crippen LogP contribution in [-0.2, 0) is 9.53 Å². The first-order chi connectivity index (χ1) is 16.6. The van der Waals surface area contributed by atoms with Crippen LogP contribution in [0.4, 0.5) is 0 Å². The average molecular weight is 477 g/mol. The van der Waals surface area contributed by atoms with Gasteiger partial charge in [-0.1, -0.05) is 134 Å². The molecule has 1 unspecified atom stereocenters. The molecule has 0 aliphatic carbocycles. The number of hydrogen-bond donors (Lipinski definition) is 2. The first kappa shape index (κ1) is 30.6. The SMILES string of the molecule is CCCCCCCCCCCCCCCCC(C(=O)OCC(CC)(CO)CO)c1ccccc1. The highest BCUT2D eigenvalue weighted by molar-refractivity contribution is 5.78. The summed E-state index contributed by atoms with van der Waals surface area (Å²) in [5.74, 6) is -0.536. The monoisotopic (exact) mass is 476 g/mol. The number of benzene rings is 1. The molecule has 0 saturated heterocycles. The van der Waals surface area contributed by atoms with E-state index in [9.17, 15) is 15.0 Å². The lowest BCUT2D eigenvalue weighted by molar-refractivity contribution is -0.151. The summed E-state index contributed by atoms with van der Waals surface area (Å²) in [6.07, 6.45) is 19.8. The minimum Gasteiger partial charge on any atom is -0.464 e. The van der Waals surface area contributed by atoms with Crippen LogP contribution in [0.2, 0.25) is 0 Å². The summed E-state index contributed by atoms with van der Waals surface area (Å²) in [5.41, 5.74) is 0.226. The van der Waals surface area contributed by atoms with Gasteiger partial charge in [-0.2, -0.15) is 0 Å². The van der Waals surface area contributed by atoms with Gasteiger partial charge in [0.2, 0.25) is 0 Å². The van der Waals surface area contributed by atoms with E-state index >= 15 is 0 Å². The zero-order valence-corrected chi connectivity index (χ0v) is 22.1. The lowest BCUT2D eigenvalue weighted by Crippen LogP contribution is -2.36. The molecule has 196 valence electrons. The average Bonchev–Trinajstić information content (AvgIpc) is 2.88. The van der Waals surface area contributed by atoms with Gasteiger partial charge in [-0.25, -0.2) is 0 Å². The zero-order valence-electron chi connectivity index (χ0n) is 22.1. The fourth-order valence-corrected chi connectivity index (χ4v) is 4.44. The van der Waals surface area contributed by atoms with Crippen LogP contribution in [0.25, 0.3) is 0 Å². The van der Waals surface area contributed by atoms with Crippen LogP contribution in [-0.4, -0.2) is 36.0 Å². The molecule has 2 N–H and O–H groups in total. The van der Waals surface area contributed by atoms with Crippen molar-refractivity contribution in [3.05, 3.63) is 35.9 Å². The number of esters is 1. The molecule has 0 spiro atoms. The molecule has 1 rings (SSSR count). The maximum Gasteiger partial charge on any atom is 0.313 e. The van der Waals surface area contributed by atoms with E-state index in [1.54, 1.807) is 0 Å². The van der Waals surface area contributed by atoms with Crippen molar-refractivity contribution in [2.75, 3.05) is 19.8 Å². The molecule has 0 aliphatic heterocycles. The van der Waals surface area contributed by atoms with E-state index in [0.717, 1.165) is 24.8 Å². The van der Waals surface area contributed by atoms with Crippen LogP contribution in [0.15, 0.2) is 30.3 Å². The predicted molar refractivity (Wildman–Crippen MR) is 142 cm³/mol. The summed E-state index contributed by atoms with van der Waals surface area (Å²) >= 11 is 0. The number of aliphatic hydroxyl groups excluding tert-OH is 2. The smallest absolute Gasteiger partial charge is 0.313 e. The molecule has 0 saturated carbocycles. The molecule has 0 fully saturated rings. The van der Waals surface area contributed by atoms with Crippen molar-refractivity contribution in [2.45, 2.75) is 122 Å². The Balaban J connectivity index is 2.27. The Hall–Kier alpha value is -1.39. The van der Waals surface area contributed by atoms with Crippen LogP contribution < -0.4 is 0 Å². The van der Waals surface area contributed by atoms with Crippen molar-refractivity contribution in [2.24, 2.45) is 5.41 Å². The van der Waals surface area contributed by atoms with Crippen LogP contribution in [0.1, 0.15) is 128 Å². The van der Waals surface area contributed by atoms with Crippen molar-refractivity contribution >= 4 is 5.97 Å². The van der Waals surface area contributed by atoms with E-state index < -0.39 is 5.41 Å². The van der Waals surface area contributed by atoms with Crippen molar-refractivity contribution < 1.29 is 19.7 Å². The number of carbonyl (C=O) groups is 1. The van der Waals surface area contributed by atoms with Crippen molar-refractivity contribution in [3.63, 3.8) is 0 Å². The van der Waals surface area contributed by atoms with Gasteiger partial charge in [-0.3, -0.25) is 4.79 Å². The number of aliphatic hydroxyl groups is 2. The molecule has 0 aliphatic rings. The number of carbonyl (C=O) groups excluding carboxylic acids is 1. The van der Waals surface area contributed by atoms with Gasteiger partial charge in [0.25, 0.3) is 0 Å². The van der Waals surface area contributed by atoms with E-state index in [0.29, 0.717) is 6.42 Å². The third-order valence-corrected chi connectivity index (χ3v) is 7.27. The maximum atomic E-state index is 12.9. The van der Waals surface area contributed by atoms with Gasteiger partial charge >= 0.3 is 5.97 Å². The molecule has 0 radical (unpaired) electrons. The largest absolute Gasteiger partial charge is 0.464 e. The van der Waals surface area contributed by atoms with E-state index in [4.69, 9.17) is 4.74 Å². The number of rotatable bonds is 22. The molecule has 1 aromatic carbocycles. The summed E-state index contributed by atoms with van der Waals surface area (Å²) in [7, 11) is 0. The predicted octanol–water partition coefficient (Wildman–Crippen LogP) is 7.57. The normalized spacial score (nSPS) is 12.6. The number of hydrogen-bond acceptors (Lipinski definition) is 4. The Kier molecular flexibility index (Phi) is 17.9. The quantitative estimate of drug-likeness (QED) is 0.134. The van der Waals surface area contributed by atoms with Crippen molar-refractivity contribution in [1.82, 2.24) is 0 Å². The molecule has 0 heterocycles. The molecule has 4 nitrogen and oxygen atoms in total. The summed E-state index contributed by atoms with van der Waals surface area (Å²) in [6, 6.07) is 9.84. The second-order valence-electron chi connectivity index (χ2n) is 10.1. The molecule has 1 aromatic rings. The van der Waals surface area contributed by atoms with Gasteiger partial charge in [-0.15, -0.1) is 0 Å². The Morgan fingerprint density at radius 2 is 1.24 bits per heavy atom. The zero-order chi connectivity index (χ0) is 24.9. The van der Waals surface area contributed by atoms with Gasteiger partial charge < -0.3 is 14.9 Å². The van der Waals surface area contributed by atoms with E-state index in [-0.39, 0.29) is 31.7 Å². The molecule has 34 heavy (non-hydrogen) atoms. The fourth-order valence-electron chi connectivity index (χ4n) is 4.44. The third kappa shape index (κ3) is 12.9. The Labute approximate surface area is 209 Å². The highest BCUT2D eigenvalue weighted by Gasteiger charge is 2.30. The number of ether oxygens (including phenoxy) is 1. The highest BCUT2D eigenvalue weighted by atomic mass is 16.5. The highest BCUT2D eigenvalue weighted by Crippen LogP contribution is 2.27. The summed E-state index contributed by atoms with van der Waals surface area (Å²) in [6.45, 7) is 3.83. The molecule has 0 amide bonds. The standard InChI is InChI=1S/C30H52O4/c1-3-5-6-7-8-9-10-11-12-13-14-15-16-20-23-28(27-21-18-17-19-22-27)29(33)34-26-30(4-2,24-31)25-32/h17-19,21-22,28,31-32H,3-16,20,23-26H2,1-2H3. The molecular weight excluding hydrogens is 424 g/mol. The number of unbranched alkanes of at least 4 members (excludes halogenated alkanes) is 13. The molecule has 4 heteroatoms. The lowest BCUT2D eigenvalue weighted by Gasteiger charge is -2.28. The van der Waals surface area contributed by atoms with E-state index in [1.807, 2.05) is 37.3 Å². The van der Waals surface area contributed by atoms with Gasteiger partial charge in [0.1, 0.15) is 6.61 Å². The van der Waals surface area contributed by atoms with Crippen LogP contribution in [0.3, 0.4) is 0 Å². The second-order valence-corrected chi connectivity index (χ2v) is 10.1. The fraction of sp³-hybridized carbons (Fsp3) is 0.767. The van der Waals surface area contributed by atoms with E-state index in [1.165, 1.54) is 77.0 Å². The van der Waals surface area contributed by atoms with Crippen LogP contribution in [0.5, 0.6) is 0 Å². The summed E-state index contributed by atoms with van der Waals surface area (Å²) in [5, 5.41) is 19.3. The molecule has 1 atom stereocenters. The van der Waals surface area contributed by atoms with Gasteiger partial charge in [0.15, 0.2) is 0 Å². The summed E-state index contributed by atoms with van der Waals surface area (Å²) in [4.78, 5) is 12.9. The minimum absolute atomic E-state index is 0.0530. The maximum absolute atomic E-state index is 12.9. The topological polar surface area (TPSA) is 66.8 Å². The molecule has 0 bridgehead atoms. The van der Waals surface area contributed by atoms with Gasteiger partial charge in [0.05, 0.1) is 24.5 Å². The van der Waals surface area contributed by atoms with Crippen LogP contribution >= 0.6 is 0 Å². The van der Waals surface area contributed by atoms with Gasteiger partial charge in [0, 0.05) is 0 Å². The van der Waals surface area contributed by atoms with Crippen LogP contribution in [0, 0.1) is 5.41 Å². The second kappa shape index (κ2) is 19.9. The van der Waals surface area contributed by atoms with Crippen molar-refractivity contribution in [3.8, 4) is 0 Å². The summed E-state index contributed by atoms with van der Waals surface area (Å²) < 4.78 is 5.61. The lowest BCUT2D eigenvalue weighted by atomic mass is 9.88. The minimum atomic E-state index is -0.758. The first-order valence-corrected chi connectivity index (χ1v) is 14.1. The van der Waals surface area contributed by atoms with Crippen molar-refractivity contribution in [1.29, 1.82) is 0 Å². The van der Waals surface area contributed by atoms with Gasteiger partial charge in [-0.05, 0) is 18.4 Å². The molecule has 0 aromatic heterocycles. The Bertz CT molecular complexity index is 589.